The largest absolute Gasteiger partial charge is 0.487 e. The molecule has 0 aliphatic carbocycles. The van der Waals surface area contributed by atoms with E-state index in [-0.39, 0.29) is 24.0 Å². The van der Waals surface area contributed by atoms with Gasteiger partial charge in [-0.3, -0.25) is 4.79 Å². The number of aryl methyl sites for hydroxylation is 1. The van der Waals surface area contributed by atoms with Crippen LogP contribution < -0.4 is 9.47 Å². The second kappa shape index (κ2) is 13.2. The third-order valence-corrected chi connectivity index (χ3v) is 7.93. The summed E-state index contributed by atoms with van der Waals surface area (Å²) < 4.78 is 82.4. The number of oxazole rings is 1. The van der Waals surface area contributed by atoms with Gasteiger partial charge in [-0.25, -0.2) is 9.78 Å². The van der Waals surface area contributed by atoms with Crippen molar-refractivity contribution in [3.8, 4) is 23.0 Å². The van der Waals surface area contributed by atoms with E-state index in [0.717, 1.165) is 19.2 Å². The fourth-order valence-corrected chi connectivity index (χ4v) is 5.02. The average Bonchev–Trinajstić information content (AvgIpc) is 3.35. The van der Waals surface area contributed by atoms with Crippen molar-refractivity contribution in [2.75, 3.05) is 13.6 Å². The van der Waals surface area contributed by atoms with E-state index in [9.17, 15) is 36.3 Å². The second-order valence-corrected chi connectivity index (χ2v) is 11.3. The molecule has 1 heterocycles. The summed E-state index contributed by atoms with van der Waals surface area (Å²) in [4.78, 5) is 28.4. The number of carboxylic acid groups (broad SMARTS) is 1. The van der Waals surface area contributed by atoms with Crippen molar-refractivity contribution in [2.45, 2.75) is 26.3 Å². The van der Waals surface area contributed by atoms with Crippen molar-refractivity contribution >= 4 is 22.3 Å². The molecule has 0 saturated carbocycles. The molecule has 0 fully saturated rings. The number of benzene rings is 3. The number of amides is 1. The number of hydrogen-bond donors (Lipinski definition) is 1. The van der Waals surface area contributed by atoms with Gasteiger partial charge in [-0.15, -0.1) is 0 Å². The van der Waals surface area contributed by atoms with Crippen LogP contribution in [0.1, 0.15) is 22.6 Å². The van der Waals surface area contributed by atoms with Crippen LogP contribution in [-0.2, 0) is 34.3 Å². The molecule has 0 aliphatic heterocycles. The van der Waals surface area contributed by atoms with Gasteiger partial charge in [-0.2, -0.15) is 30.2 Å². The number of aliphatic carboxylic acids is 1. The summed E-state index contributed by atoms with van der Waals surface area (Å²) in [6.07, 6.45) is -5.71. The third kappa shape index (κ3) is 7.93. The summed E-state index contributed by atoms with van der Waals surface area (Å²) in [7, 11) is -3.68. The van der Waals surface area contributed by atoms with Crippen LogP contribution in [0.5, 0.6) is 11.5 Å². The van der Waals surface area contributed by atoms with Gasteiger partial charge < -0.3 is 19.0 Å². The number of hydrogen-bond acceptors (Lipinski definition) is 8. The zero-order valence-corrected chi connectivity index (χ0v) is 24.1. The minimum atomic E-state index is -4.64. The van der Waals surface area contributed by atoms with Crippen LogP contribution in [0, 0.1) is 6.92 Å². The van der Waals surface area contributed by atoms with Crippen molar-refractivity contribution < 1.29 is 50.2 Å². The van der Waals surface area contributed by atoms with Crippen LogP contribution in [0.3, 0.4) is 0 Å². The number of carboxylic acids is 1. The first-order valence-corrected chi connectivity index (χ1v) is 14.2. The Kier molecular flexibility index (Phi) is 9.59. The zero-order chi connectivity index (χ0) is 32.1. The molecule has 1 aromatic heterocycles. The summed E-state index contributed by atoms with van der Waals surface area (Å²) in [6.45, 7) is 0.158. The summed E-state index contributed by atoms with van der Waals surface area (Å²) in [5.41, 5.74) is 0.256. The minimum Gasteiger partial charge on any atom is -0.487 e. The van der Waals surface area contributed by atoms with Crippen LogP contribution in [-0.4, -0.2) is 52.8 Å². The number of ether oxygens (including phenoxy) is 2. The molecule has 3 aromatic carbocycles. The van der Waals surface area contributed by atoms with Crippen LogP contribution in [0.25, 0.3) is 11.5 Å². The SMILES string of the molecule is Cc1oc(-c2ccc(C(F)(F)F)cc2)nc1COc1cccc(CN(CC(=O)O)S(=O)(=O)N(C)C(=O)Oc2ccccc2)c1. The Morgan fingerprint density at radius 3 is 2.27 bits per heavy atom. The number of aromatic nitrogens is 1. The highest BCUT2D eigenvalue weighted by Crippen LogP contribution is 2.31. The molecular formula is C29H26F3N3O8S. The number of alkyl halides is 3. The Labute approximate surface area is 250 Å². The number of carbonyl (C=O) groups excluding carboxylic acids is 1. The maximum atomic E-state index is 13.2. The second-order valence-electron chi connectivity index (χ2n) is 9.35. The van der Waals surface area contributed by atoms with E-state index in [1.165, 1.54) is 30.3 Å². The van der Waals surface area contributed by atoms with Crippen molar-refractivity contribution in [3.63, 3.8) is 0 Å². The molecular weight excluding hydrogens is 607 g/mol. The summed E-state index contributed by atoms with van der Waals surface area (Å²) in [5.74, 6) is -0.585. The normalized spacial score (nSPS) is 11.8. The van der Waals surface area contributed by atoms with Crippen LogP contribution in [0.4, 0.5) is 18.0 Å². The van der Waals surface area contributed by atoms with Gasteiger partial charge >= 0.3 is 28.4 Å². The van der Waals surface area contributed by atoms with Crippen LogP contribution >= 0.6 is 0 Å². The van der Waals surface area contributed by atoms with Gasteiger partial charge in [0.15, 0.2) is 0 Å². The first-order valence-electron chi connectivity index (χ1n) is 12.8. The maximum absolute atomic E-state index is 13.2. The Balaban J connectivity index is 1.45. The Morgan fingerprint density at radius 2 is 1.64 bits per heavy atom. The lowest BCUT2D eigenvalue weighted by atomic mass is 10.1. The fraction of sp³-hybridized carbons (Fsp3) is 0.207. The number of rotatable bonds is 11. The van der Waals surface area contributed by atoms with Crippen molar-refractivity contribution in [3.05, 3.63) is 101 Å². The predicted molar refractivity (Wildman–Crippen MR) is 150 cm³/mol. The topological polar surface area (TPSA) is 139 Å². The molecule has 0 unspecified atom stereocenters. The van der Waals surface area contributed by atoms with Gasteiger partial charge in [-0.05, 0) is 61.0 Å². The number of para-hydroxylation sites is 1. The summed E-state index contributed by atoms with van der Waals surface area (Å²) in [5, 5.41) is 9.37. The lowest BCUT2D eigenvalue weighted by Gasteiger charge is -2.26. The smallest absolute Gasteiger partial charge is 0.429 e. The monoisotopic (exact) mass is 633 g/mol. The van der Waals surface area contributed by atoms with Gasteiger partial charge in [0.2, 0.25) is 5.89 Å². The number of nitrogens with zero attached hydrogens (tertiary/aromatic N) is 3. The molecule has 1 amide bonds. The van der Waals surface area contributed by atoms with E-state index in [4.69, 9.17) is 13.9 Å². The minimum absolute atomic E-state index is 0.0926. The molecule has 0 radical (unpaired) electrons. The van der Waals surface area contributed by atoms with E-state index in [1.54, 1.807) is 43.3 Å². The van der Waals surface area contributed by atoms with E-state index in [2.05, 4.69) is 4.98 Å². The van der Waals surface area contributed by atoms with Gasteiger partial charge in [0.25, 0.3) is 0 Å². The molecule has 232 valence electrons. The quantitative estimate of drug-likeness (QED) is 0.226. The molecule has 0 saturated heterocycles. The highest BCUT2D eigenvalue weighted by molar-refractivity contribution is 7.87. The number of halogens is 3. The molecule has 4 rings (SSSR count). The third-order valence-electron chi connectivity index (χ3n) is 6.17. The lowest BCUT2D eigenvalue weighted by molar-refractivity contribution is -0.138. The van der Waals surface area contributed by atoms with Gasteiger partial charge in [0, 0.05) is 19.2 Å². The van der Waals surface area contributed by atoms with Crippen molar-refractivity contribution in [1.29, 1.82) is 0 Å². The molecule has 0 aliphatic rings. The molecule has 0 spiro atoms. The molecule has 0 atom stereocenters. The van der Waals surface area contributed by atoms with Gasteiger partial charge in [-0.1, -0.05) is 30.3 Å². The summed E-state index contributed by atoms with van der Waals surface area (Å²) >= 11 is 0. The molecule has 4 aromatic rings. The highest BCUT2D eigenvalue weighted by Gasteiger charge is 2.34. The van der Waals surface area contributed by atoms with E-state index >= 15 is 0 Å². The molecule has 0 bridgehead atoms. The number of carbonyl (C=O) groups is 2. The van der Waals surface area contributed by atoms with Crippen molar-refractivity contribution in [1.82, 2.24) is 13.6 Å². The Morgan fingerprint density at radius 1 is 0.977 bits per heavy atom. The van der Waals surface area contributed by atoms with Crippen LogP contribution in [0.15, 0.2) is 83.3 Å². The highest BCUT2D eigenvalue weighted by atomic mass is 32.2. The van der Waals surface area contributed by atoms with Gasteiger partial charge in [0.1, 0.15) is 36.1 Å². The molecule has 11 nitrogen and oxygen atoms in total. The molecule has 44 heavy (non-hydrogen) atoms. The standard InChI is InChI=1S/C29H26F3N3O8S/c1-19-25(33-27(42-19)21-11-13-22(14-12-21)29(30,31)32)18-41-24-10-6-7-20(15-24)16-35(17-26(36)37)44(39,40)34(2)28(38)43-23-8-4-3-5-9-23/h3-15H,16-18H2,1-2H3,(H,36,37). The summed E-state index contributed by atoms with van der Waals surface area (Å²) in [6, 6.07) is 18.3. The van der Waals surface area contributed by atoms with Gasteiger partial charge in [0.05, 0.1) is 5.56 Å². The predicted octanol–water partition coefficient (Wildman–Crippen LogP) is 5.51. The zero-order valence-electron chi connectivity index (χ0n) is 23.3. The van der Waals surface area contributed by atoms with Crippen molar-refractivity contribution in [2.24, 2.45) is 0 Å². The first kappa shape index (κ1) is 32.0. The van der Waals surface area contributed by atoms with E-state index < -0.39 is 47.1 Å². The van der Waals surface area contributed by atoms with E-state index in [0.29, 0.717) is 31.2 Å². The Hall–Kier alpha value is -4.89. The Bertz CT molecular complexity index is 1730. The first-order chi connectivity index (χ1) is 20.7. The molecule has 15 heteroatoms. The molecule has 1 N–H and O–H groups in total. The lowest BCUT2D eigenvalue weighted by Crippen LogP contribution is -2.47. The fourth-order valence-electron chi connectivity index (χ4n) is 3.87. The van der Waals surface area contributed by atoms with E-state index in [1.807, 2.05) is 0 Å². The average molecular weight is 634 g/mol. The van der Waals surface area contributed by atoms with Crippen LogP contribution in [0.2, 0.25) is 0 Å². The maximum Gasteiger partial charge on any atom is 0.429 e.